The fourth-order valence-corrected chi connectivity index (χ4v) is 5.02. The van der Waals surface area contributed by atoms with E-state index in [4.69, 9.17) is 0 Å². The molecular weight excluding hydrogens is 196 g/mol. The zero-order valence-corrected chi connectivity index (χ0v) is 10.6. The molecule has 0 saturated heterocycles. The highest BCUT2D eigenvalue weighted by molar-refractivity contribution is 5.01. The predicted molar refractivity (Wildman–Crippen MR) is 66.1 cm³/mol. The Kier molecular flexibility index (Phi) is 2.78. The molecule has 16 heavy (non-hydrogen) atoms. The van der Waals surface area contributed by atoms with E-state index in [0.29, 0.717) is 0 Å². The molecule has 3 aliphatic carbocycles. The summed E-state index contributed by atoms with van der Waals surface area (Å²) in [6, 6.07) is 0. The molecule has 3 fully saturated rings. The van der Waals surface area contributed by atoms with Crippen LogP contribution < -0.4 is 0 Å². The maximum atomic E-state index is 9.60. The average Bonchev–Trinajstić information content (AvgIpc) is 2.88. The molecule has 0 spiro atoms. The molecule has 1 heteroatoms. The van der Waals surface area contributed by atoms with Crippen molar-refractivity contribution in [2.75, 3.05) is 0 Å². The van der Waals surface area contributed by atoms with Crippen LogP contribution in [0.1, 0.15) is 64.7 Å². The van der Waals surface area contributed by atoms with Gasteiger partial charge < -0.3 is 5.11 Å². The highest BCUT2D eigenvalue weighted by Crippen LogP contribution is 2.61. The van der Waals surface area contributed by atoms with Crippen LogP contribution in [0.5, 0.6) is 0 Å². The molecule has 0 aromatic heterocycles. The summed E-state index contributed by atoms with van der Waals surface area (Å²) in [5, 5.41) is 9.60. The predicted octanol–water partition coefficient (Wildman–Crippen LogP) is 3.75. The molecule has 0 aromatic rings. The highest BCUT2D eigenvalue weighted by Gasteiger charge is 2.51. The largest absolute Gasteiger partial charge is 0.393 e. The van der Waals surface area contributed by atoms with Gasteiger partial charge in [-0.1, -0.05) is 13.3 Å². The van der Waals surface area contributed by atoms with Crippen LogP contribution in [0.4, 0.5) is 0 Å². The summed E-state index contributed by atoms with van der Waals surface area (Å²) in [7, 11) is 0. The minimum absolute atomic E-state index is 0.0231. The number of rotatable bonds is 2. The smallest absolute Gasteiger partial charge is 0.0540 e. The van der Waals surface area contributed by atoms with E-state index in [1.807, 2.05) is 0 Å². The van der Waals surface area contributed by atoms with Gasteiger partial charge in [-0.2, -0.15) is 0 Å². The SMILES string of the molecule is CCC12CCC(C1)C(C1CCC(O)CC1)C2. The molecular formula is C15H26O. The summed E-state index contributed by atoms with van der Waals surface area (Å²) >= 11 is 0. The Bertz CT molecular complexity index is 254. The summed E-state index contributed by atoms with van der Waals surface area (Å²) in [4.78, 5) is 0. The van der Waals surface area contributed by atoms with Crippen molar-refractivity contribution in [2.45, 2.75) is 70.8 Å². The Balaban J connectivity index is 1.65. The fraction of sp³-hybridized carbons (Fsp3) is 1.00. The van der Waals surface area contributed by atoms with Crippen molar-refractivity contribution in [3.05, 3.63) is 0 Å². The van der Waals surface area contributed by atoms with E-state index in [9.17, 15) is 5.11 Å². The number of aliphatic hydroxyl groups is 1. The van der Waals surface area contributed by atoms with E-state index in [1.54, 1.807) is 0 Å². The first-order valence-corrected chi connectivity index (χ1v) is 7.40. The second-order valence-corrected chi connectivity index (χ2v) is 6.79. The number of hydrogen-bond acceptors (Lipinski definition) is 1. The van der Waals surface area contributed by atoms with Crippen LogP contribution >= 0.6 is 0 Å². The lowest BCUT2D eigenvalue weighted by Crippen LogP contribution is -2.28. The molecule has 1 nitrogen and oxygen atoms in total. The summed E-state index contributed by atoms with van der Waals surface area (Å²) in [5.41, 5.74) is 0.755. The molecule has 1 N–H and O–H groups in total. The van der Waals surface area contributed by atoms with E-state index in [2.05, 4.69) is 6.92 Å². The molecule has 0 amide bonds. The van der Waals surface area contributed by atoms with Gasteiger partial charge in [0.05, 0.1) is 6.10 Å². The minimum Gasteiger partial charge on any atom is -0.393 e. The van der Waals surface area contributed by atoms with Crippen LogP contribution in [0.3, 0.4) is 0 Å². The van der Waals surface area contributed by atoms with Gasteiger partial charge in [0.2, 0.25) is 0 Å². The number of hydrogen-bond donors (Lipinski definition) is 1. The minimum atomic E-state index is 0.0231. The van der Waals surface area contributed by atoms with Gasteiger partial charge in [-0.3, -0.25) is 0 Å². The topological polar surface area (TPSA) is 20.2 Å². The molecule has 92 valence electrons. The van der Waals surface area contributed by atoms with E-state index in [-0.39, 0.29) is 6.10 Å². The van der Waals surface area contributed by atoms with Crippen molar-refractivity contribution in [3.63, 3.8) is 0 Å². The number of aliphatic hydroxyl groups excluding tert-OH is 1. The normalized spacial score (nSPS) is 52.1. The van der Waals surface area contributed by atoms with Gasteiger partial charge in [0.25, 0.3) is 0 Å². The second kappa shape index (κ2) is 4.01. The maximum absolute atomic E-state index is 9.60. The summed E-state index contributed by atoms with van der Waals surface area (Å²) in [6.45, 7) is 2.40. The third-order valence-electron chi connectivity index (χ3n) is 6.11. The van der Waals surface area contributed by atoms with Crippen LogP contribution in [0.2, 0.25) is 0 Å². The molecule has 0 heterocycles. The first-order chi connectivity index (χ1) is 7.72. The zero-order valence-electron chi connectivity index (χ0n) is 10.6. The van der Waals surface area contributed by atoms with Gasteiger partial charge in [-0.25, -0.2) is 0 Å². The average molecular weight is 222 g/mol. The van der Waals surface area contributed by atoms with Crippen LogP contribution in [-0.4, -0.2) is 11.2 Å². The van der Waals surface area contributed by atoms with Gasteiger partial charge >= 0.3 is 0 Å². The molecule has 3 unspecified atom stereocenters. The first kappa shape index (κ1) is 11.1. The Hall–Kier alpha value is -0.0400. The molecule has 0 aromatic carbocycles. The maximum Gasteiger partial charge on any atom is 0.0540 e. The van der Waals surface area contributed by atoms with Gasteiger partial charge in [-0.15, -0.1) is 0 Å². The van der Waals surface area contributed by atoms with E-state index in [0.717, 1.165) is 36.0 Å². The summed E-state index contributed by atoms with van der Waals surface area (Å²) in [6.07, 6.45) is 12.3. The molecule has 3 saturated carbocycles. The third-order valence-corrected chi connectivity index (χ3v) is 6.11. The summed E-state index contributed by atoms with van der Waals surface area (Å²) in [5.74, 6) is 3.04. The van der Waals surface area contributed by atoms with E-state index < -0.39 is 0 Å². The van der Waals surface area contributed by atoms with Crippen LogP contribution in [0.25, 0.3) is 0 Å². The standard InChI is InChI=1S/C15H26O/c1-2-15-8-7-12(9-15)14(10-15)11-3-5-13(16)6-4-11/h11-14,16H,2-10H2,1H3. The Morgan fingerprint density at radius 3 is 2.38 bits per heavy atom. The monoisotopic (exact) mass is 222 g/mol. The van der Waals surface area contributed by atoms with Crippen molar-refractivity contribution in [2.24, 2.45) is 23.2 Å². The lowest BCUT2D eigenvalue weighted by molar-refractivity contribution is 0.0721. The van der Waals surface area contributed by atoms with Gasteiger partial charge in [0.15, 0.2) is 0 Å². The fourth-order valence-electron chi connectivity index (χ4n) is 5.02. The Morgan fingerprint density at radius 1 is 1.00 bits per heavy atom. The van der Waals surface area contributed by atoms with E-state index >= 15 is 0 Å². The van der Waals surface area contributed by atoms with Crippen molar-refractivity contribution < 1.29 is 5.11 Å². The van der Waals surface area contributed by atoms with Gasteiger partial charge in [-0.05, 0) is 74.5 Å². The number of fused-ring (bicyclic) bond motifs is 2. The summed E-state index contributed by atoms with van der Waals surface area (Å²) < 4.78 is 0. The molecule has 3 rings (SSSR count). The van der Waals surface area contributed by atoms with Gasteiger partial charge in [0.1, 0.15) is 0 Å². The van der Waals surface area contributed by atoms with Crippen molar-refractivity contribution in [1.29, 1.82) is 0 Å². The lowest BCUT2D eigenvalue weighted by atomic mass is 9.69. The third kappa shape index (κ3) is 1.72. The quantitative estimate of drug-likeness (QED) is 0.754. The highest BCUT2D eigenvalue weighted by atomic mass is 16.3. The second-order valence-electron chi connectivity index (χ2n) is 6.79. The first-order valence-electron chi connectivity index (χ1n) is 7.40. The van der Waals surface area contributed by atoms with Crippen molar-refractivity contribution >= 4 is 0 Å². The van der Waals surface area contributed by atoms with Crippen molar-refractivity contribution in [1.82, 2.24) is 0 Å². The van der Waals surface area contributed by atoms with Crippen LogP contribution in [-0.2, 0) is 0 Å². The van der Waals surface area contributed by atoms with Crippen LogP contribution in [0, 0.1) is 23.2 Å². The Morgan fingerprint density at radius 2 is 1.75 bits per heavy atom. The van der Waals surface area contributed by atoms with Gasteiger partial charge in [0, 0.05) is 0 Å². The van der Waals surface area contributed by atoms with Crippen LogP contribution in [0.15, 0.2) is 0 Å². The van der Waals surface area contributed by atoms with Crippen molar-refractivity contribution in [3.8, 4) is 0 Å². The molecule has 2 bridgehead atoms. The Labute approximate surface area is 99.6 Å². The van der Waals surface area contributed by atoms with E-state index in [1.165, 1.54) is 44.9 Å². The zero-order chi connectivity index (χ0) is 11.2. The molecule has 3 atom stereocenters. The molecule has 3 aliphatic rings. The molecule has 0 radical (unpaired) electrons. The molecule has 0 aliphatic heterocycles. The lowest BCUT2D eigenvalue weighted by Gasteiger charge is -2.37.